The molecule has 0 saturated carbocycles. The van der Waals surface area contributed by atoms with Crippen LogP contribution < -0.4 is 14.4 Å². The lowest BCUT2D eigenvalue weighted by Gasteiger charge is -2.24. The molecule has 1 aliphatic heterocycles. The van der Waals surface area contributed by atoms with Crippen molar-refractivity contribution in [3.63, 3.8) is 0 Å². The van der Waals surface area contributed by atoms with Gasteiger partial charge in [-0.3, -0.25) is 14.5 Å². The molecular weight excluding hydrogens is 596 g/mol. The highest BCUT2D eigenvalue weighted by atomic mass is 32.1. The number of anilines is 1. The highest BCUT2D eigenvalue weighted by molar-refractivity contribution is 7.17. The molecule has 1 aliphatic rings. The number of thiazole rings is 1. The van der Waals surface area contributed by atoms with Gasteiger partial charge in [0.05, 0.1) is 30.5 Å². The Kier molecular flexibility index (Phi) is 9.19. The quantitative estimate of drug-likeness (QED) is 0.0905. The van der Waals surface area contributed by atoms with Gasteiger partial charge < -0.3 is 24.4 Å². The maximum absolute atomic E-state index is 13.7. The summed E-state index contributed by atoms with van der Waals surface area (Å²) < 4.78 is 16.6. The predicted molar refractivity (Wildman–Crippen MR) is 169 cm³/mol. The first-order valence-corrected chi connectivity index (χ1v) is 15.1. The summed E-state index contributed by atoms with van der Waals surface area (Å²) in [6.45, 7) is 7.56. The van der Waals surface area contributed by atoms with Crippen molar-refractivity contribution in [3.8, 4) is 17.2 Å². The summed E-state index contributed by atoms with van der Waals surface area (Å²) in [6, 6.07) is 18.0. The number of phenols is 1. The van der Waals surface area contributed by atoms with Gasteiger partial charge in [-0.2, -0.15) is 0 Å². The number of nitrogens with zero attached hydrogens (tertiary/aromatic N) is 2. The molecule has 232 valence electrons. The highest BCUT2D eigenvalue weighted by Gasteiger charge is 2.48. The van der Waals surface area contributed by atoms with Crippen LogP contribution in [-0.2, 0) is 20.9 Å². The molecule has 1 aromatic heterocycles. The van der Waals surface area contributed by atoms with Crippen LogP contribution in [0.5, 0.6) is 17.2 Å². The van der Waals surface area contributed by atoms with Crippen LogP contribution in [0.3, 0.4) is 0 Å². The van der Waals surface area contributed by atoms with Crippen LogP contribution in [0.1, 0.15) is 57.5 Å². The van der Waals surface area contributed by atoms with E-state index in [9.17, 15) is 24.6 Å². The normalized spacial score (nSPS) is 15.7. The van der Waals surface area contributed by atoms with E-state index in [1.165, 1.54) is 18.2 Å². The molecule has 5 rings (SSSR count). The third-order valence-electron chi connectivity index (χ3n) is 7.20. The van der Waals surface area contributed by atoms with E-state index in [0.717, 1.165) is 21.8 Å². The zero-order valence-electron chi connectivity index (χ0n) is 25.2. The molecule has 0 bridgehead atoms. The molecule has 1 fully saturated rings. The molecule has 0 radical (unpaired) electrons. The van der Waals surface area contributed by atoms with Gasteiger partial charge in [-0.15, -0.1) is 0 Å². The van der Waals surface area contributed by atoms with Crippen LogP contribution >= 0.6 is 11.3 Å². The maximum Gasteiger partial charge on any atom is 0.350 e. The van der Waals surface area contributed by atoms with Crippen molar-refractivity contribution in [2.75, 3.05) is 18.1 Å². The molecule has 10 nitrogen and oxygen atoms in total. The van der Waals surface area contributed by atoms with Crippen LogP contribution in [0, 0.1) is 13.8 Å². The lowest BCUT2D eigenvalue weighted by atomic mass is 9.93. The largest absolute Gasteiger partial charge is 0.507 e. The number of aromatic nitrogens is 1. The average Bonchev–Trinajstić information content (AvgIpc) is 3.53. The molecule has 0 unspecified atom stereocenters. The number of carbonyl (C=O) groups excluding carboxylic acids is 3. The van der Waals surface area contributed by atoms with E-state index in [4.69, 9.17) is 14.2 Å². The minimum Gasteiger partial charge on any atom is -0.507 e. The third-order valence-corrected chi connectivity index (χ3v) is 8.33. The fourth-order valence-electron chi connectivity index (χ4n) is 5.07. The number of aromatic hydroxyl groups is 1. The van der Waals surface area contributed by atoms with Gasteiger partial charge in [-0.25, -0.2) is 9.78 Å². The van der Waals surface area contributed by atoms with Crippen molar-refractivity contribution in [2.24, 2.45) is 0 Å². The smallest absolute Gasteiger partial charge is 0.350 e. The topological polar surface area (TPSA) is 135 Å². The number of benzene rings is 3. The molecule has 2 N–H and O–H groups in total. The van der Waals surface area contributed by atoms with Gasteiger partial charge in [0.2, 0.25) is 0 Å². The molecular formula is C34H32N2O8S. The second-order valence-corrected chi connectivity index (χ2v) is 11.2. The molecule has 0 aliphatic carbocycles. The van der Waals surface area contributed by atoms with Crippen molar-refractivity contribution in [3.05, 3.63) is 105 Å². The molecule has 0 spiro atoms. The van der Waals surface area contributed by atoms with Gasteiger partial charge in [0.25, 0.3) is 5.78 Å². The molecule has 2 heterocycles. The van der Waals surface area contributed by atoms with Crippen LogP contribution in [-0.4, -0.2) is 46.1 Å². The SMILES string of the molecule is CCOC(=O)c1sc(N2C(=O)C(=O)C(=C(O)c3ccc(OCc4ccccc4)cc3C)[C@@H]2c2ccc(O)c(OCC)c2)nc1C. The van der Waals surface area contributed by atoms with Gasteiger partial charge >= 0.3 is 11.9 Å². The number of ketones is 1. The van der Waals surface area contributed by atoms with Crippen LogP contribution in [0.25, 0.3) is 5.76 Å². The van der Waals surface area contributed by atoms with E-state index in [-0.39, 0.29) is 40.3 Å². The Morgan fingerprint density at radius 2 is 1.73 bits per heavy atom. The number of aryl methyl sites for hydroxylation is 2. The Morgan fingerprint density at radius 3 is 2.42 bits per heavy atom. The van der Waals surface area contributed by atoms with Crippen molar-refractivity contribution in [1.29, 1.82) is 0 Å². The number of hydrogen-bond donors (Lipinski definition) is 2. The summed E-state index contributed by atoms with van der Waals surface area (Å²) in [5.74, 6) is -2.28. The van der Waals surface area contributed by atoms with E-state index in [1.807, 2.05) is 30.3 Å². The van der Waals surface area contributed by atoms with Crippen molar-refractivity contribution in [1.82, 2.24) is 4.98 Å². The van der Waals surface area contributed by atoms with E-state index >= 15 is 0 Å². The van der Waals surface area contributed by atoms with Crippen LogP contribution in [0.4, 0.5) is 5.13 Å². The minimum atomic E-state index is -1.15. The summed E-state index contributed by atoms with van der Waals surface area (Å²) in [6.07, 6.45) is 0. The lowest BCUT2D eigenvalue weighted by molar-refractivity contribution is -0.132. The number of carbonyl (C=O) groups is 3. The first-order chi connectivity index (χ1) is 21.6. The first-order valence-electron chi connectivity index (χ1n) is 14.3. The number of ether oxygens (including phenoxy) is 3. The molecule has 45 heavy (non-hydrogen) atoms. The molecule has 3 aromatic carbocycles. The zero-order chi connectivity index (χ0) is 32.2. The molecule has 1 saturated heterocycles. The highest BCUT2D eigenvalue weighted by Crippen LogP contribution is 2.46. The lowest BCUT2D eigenvalue weighted by Crippen LogP contribution is -2.29. The molecule has 1 atom stereocenters. The monoisotopic (exact) mass is 628 g/mol. The minimum absolute atomic E-state index is 0.0779. The number of phenolic OH excluding ortho intramolecular Hbond substituents is 1. The third kappa shape index (κ3) is 6.25. The fraction of sp³-hybridized carbons (Fsp3) is 0.235. The van der Waals surface area contributed by atoms with E-state index in [2.05, 4.69) is 4.98 Å². The molecule has 1 amide bonds. The van der Waals surface area contributed by atoms with Gasteiger partial charge in [0, 0.05) is 5.56 Å². The van der Waals surface area contributed by atoms with Crippen LogP contribution in [0.15, 0.2) is 72.3 Å². The zero-order valence-corrected chi connectivity index (χ0v) is 26.0. The first kappa shape index (κ1) is 31.3. The van der Waals surface area contributed by atoms with E-state index < -0.39 is 29.5 Å². The standard InChI is InChI=1S/C34H32N2O8S/c1-5-42-26-17-22(12-15-25(26)37)28-27(30(39)32(40)36(28)34-35-20(4)31(45-34)33(41)43-6-2)29(38)24-14-13-23(16-19(24)3)44-18-21-10-8-7-9-11-21/h7-17,28,37-38H,5-6,18H2,1-4H3/t28-/m0/s1. The number of aliphatic hydroxyl groups excluding tert-OH is 1. The summed E-state index contributed by atoms with van der Waals surface area (Å²) >= 11 is 0.911. The van der Waals surface area contributed by atoms with Gasteiger partial charge in [0.1, 0.15) is 23.0 Å². The molecule has 4 aromatic rings. The maximum atomic E-state index is 13.7. The van der Waals surface area contributed by atoms with Crippen molar-refractivity contribution in [2.45, 2.75) is 40.3 Å². The van der Waals surface area contributed by atoms with Crippen LogP contribution in [0.2, 0.25) is 0 Å². The van der Waals surface area contributed by atoms with Gasteiger partial charge in [-0.05, 0) is 74.7 Å². The Morgan fingerprint density at radius 1 is 0.978 bits per heavy atom. The van der Waals surface area contributed by atoms with Crippen molar-refractivity contribution < 1.29 is 38.8 Å². The van der Waals surface area contributed by atoms with Gasteiger partial charge in [-0.1, -0.05) is 47.7 Å². The summed E-state index contributed by atoms with van der Waals surface area (Å²) in [5, 5.41) is 22.1. The predicted octanol–water partition coefficient (Wildman–Crippen LogP) is 6.25. The number of esters is 1. The van der Waals surface area contributed by atoms with Crippen molar-refractivity contribution >= 4 is 39.9 Å². The summed E-state index contributed by atoms with van der Waals surface area (Å²) in [5.41, 5.74) is 2.46. The number of hydrogen-bond acceptors (Lipinski definition) is 10. The second-order valence-electron chi connectivity index (χ2n) is 10.2. The average molecular weight is 629 g/mol. The number of Topliss-reactive ketones (excluding diaryl/α,β-unsaturated/α-hetero) is 1. The van der Waals surface area contributed by atoms with E-state index in [0.29, 0.717) is 34.7 Å². The Balaban J connectivity index is 1.61. The Hall–Kier alpha value is -5.16. The van der Waals surface area contributed by atoms with E-state index in [1.54, 1.807) is 45.9 Å². The number of aliphatic hydroxyl groups is 1. The molecule has 11 heteroatoms. The number of rotatable bonds is 10. The Labute approximate surface area is 264 Å². The van der Waals surface area contributed by atoms with Gasteiger partial charge in [0.15, 0.2) is 16.6 Å². The Bertz CT molecular complexity index is 1800. The second kappa shape index (κ2) is 13.2. The number of amides is 1. The summed E-state index contributed by atoms with van der Waals surface area (Å²) in [4.78, 5) is 45.7. The fourth-order valence-corrected chi connectivity index (χ4v) is 6.05. The summed E-state index contributed by atoms with van der Waals surface area (Å²) in [7, 11) is 0.